The van der Waals surface area contributed by atoms with E-state index in [2.05, 4.69) is 5.10 Å². The molecule has 1 aliphatic heterocycles. The summed E-state index contributed by atoms with van der Waals surface area (Å²) in [4.78, 5) is 14.4. The second kappa shape index (κ2) is 5.93. The molecule has 2 rings (SSSR count). The fourth-order valence-corrected chi connectivity index (χ4v) is 2.48. The number of morpholine rings is 1. The Bertz CT molecular complexity index is 482. The summed E-state index contributed by atoms with van der Waals surface area (Å²) in [5.41, 5.74) is 6.82. The van der Waals surface area contributed by atoms with E-state index in [1.54, 1.807) is 6.20 Å². The Balaban J connectivity index is 2.11. The molecule has 0 aromatic carbocycles. The second-order valence-electron chi connectivity index (χ2n) is 5.84. The van der Waals surface area contributed by atoms with E-state index in [4.69, 9.17) is 10.5 Å². The lowest BCUT2D eigenvalue weighted by Crippen LogP contribution is -2.50. The van der Waals surface area contributed by atoms with Crippen LogP contribution in [0.25, 0.3) is 0 Å². The Hall–Kier alpha value is -1.40. The van der Waals surface area contributed by atoms with Gasteiger partial charge in [-0.3, -0.25) is 9.48 Å². The first kappa shape index (κ1) is 15.0. The molecule has 112 valence electrons. The van der Waals surface area contributed by atoms with Crippen molar-refractivity contribution in [2.45, 2.75) is 39.3 Å². The quantitative estimate of drug-likeness (QED) is 0.885. The van der Waals surface area contributed by atoms with Crippen LogP contribution in [0.1, 0.15) is 36.3 Å². The van der Waals surface area contributed by atoms with Gasteiger partial charge in [-0.2, -0.15) is 5.10 Å². The number of aryl methyl sites for hydroxylation is 1. The first-order valence-electron chi connectivity index (χ1n) is 7.10. The molecule has 1 aromatic heterocycles. The number of carbonyl (C=O) groups is 1. The Morgan fingerprint density at radius 3 is 2.95 bits per heavy atom. The molecule has 6 heteroatoms. The first-order chi connectivity index (χ1) is 9.44. The average Bonchev–Trinajstić information content (AvgIpc) is 2.75. The highest BCUT2D eigenvalue weighted by Gasteiger charge is 2.31. The fourth-order valence-electron chi connectivity index (χ4n) is 2.48. The average molecular weight is 280 g/mol. The molecule has 20 heavy (non-hydrogen) atoms. The lowest BCUT2D eigenvalue weighted by atomic mass is 10.1. The van der Waals surface area contributed by atoms with E-state index in [0.717, 1.165) is 18.7 Å². The van der Waals surface area contributed by atoms with Crippen molar-refractivity contribution in [2.75, 3.05) is 26.2 Å². The molecule has 6 nitrogen and oxygen atoms in total. The summed E-state index contributed by atoms with van der Waals surface area (Å²) >= 11 is 0. The Kier molecular flexibility index (Phi) is 4.45. The molecule has 2 heterocycles. The number of aromatic nitrogens is 2. The normalized spacial score (nSPS) is 18.3. The van der Waals surface area contributed by atoms with Crippen LogP contribution >= 0.6 is 0 Å². The number of ether oxygens (including phenoxy) is 1. The van der Waals surface area contributed by atoms with Gasteiger partial charge in [0.15, 0.2) is 0 Å². The van der Waals surface area contributed by atoms with Crippen molar-refractivity contribution in [3.05, 3.63) is 17.5 Å². The third kappa shape index (κ3) is 3.19. The minimum absolute atomic E-state index is 0.0397. The van der Waals surface area contributed by atoms with Crippen LogP contribution in [0.5, 0.6) is 0 Å². The van der Waals surface area contributed by atoms with Crippen LogP contribution in [-0.2, 0) is 11.3 Å². The molecule has 0 aliphatic carbocycles. The van der Waals surface area contributed by atoms with Crippen molar-refractivity contribution in [3.63, 3.8) is 0 Å². The van der Waals surface area contributed by atoms with Gasteiger partial charge in [0.2, 0.25) is 0 Å². The molecule has 0 radical (unpaired) electrons. The molecular formula is C14H24N4O2. The largest absolute Gasteiger partial charge is 0.372 e. The number of amides is 1. The smallest absolute Gasteiger partial charge is 0.257 e. The highest BCUT2D eigenvalue weighted by molar-refractivity contribution is 5.95. The Morgan fingerprint density at radius 2 is 2.30 bits per heavy atom. The zero-order chi connectivity index (χ0) is 14.8. The molecule has 1 fully saturated rings. The maximum absolute atomic E-state index is 12.6. The van der Waals surface area contributed by atoms with Crippen LogP contribution in [0.15, 0.2) is 6.20 Å². The summed E-state index contributed by atoms with van der Waals surface area (Å²) in [7, 11) is 0. The zero-order valence-corrected chi connectivity index (χ0v) is 12.6. The van der Waals surface area contributed by atoms with Gasteiger partial charge in [0.25, 0.3) is 5.91 Å². The van der Waals surface area contributed by atoms with Gasteiger partial charge in [0.1, 0.15) is 0 Å². The third-order valence-corrected chi connectivity index (χ3v) is 3.62. The van der Waals surface area contributed by atoms with E-state index in [-0.39, 0.29) is 11.5 Å². The van der Waals surface area contributed by atoms with Crippen LogP contribution in [0.2, 0.25) is 0 Å². The summed E-state index contributed by atoms with van der Waals surface area (Å²) in [6, 6.07) is 0. The maximum Gasteiger partial charge on any atom is 0.257 e. The van der Waals surface area contributed by atoms with E-state index in [0.29, 0.717) is 31.8 Å². The van der Waals surface area contributed by atoms with Crippen molar-refractivity contribution in [1.29, 1.82) is 0 Å². The summed E-state index contributed by atoms with van der Waals surface area (Å²) in [5, 5.41) is 4.29. The fraction of sp³-hybridized carbons (Fsp3) is 0.714. The molecule has 1 saturated heterocycles. The predicted molar refractivity (Wildman–Crippen MR) is 76.6 cm³/mol. The summed E-state index contributed by atoms with van der Waals surface area (Å²) in [5.74, 6) is 0.0397. The minimum atomic E-state index is -0.280. The Morgan fingerprint density at radius 1 is 1.55 bits per heavy atom. The first-order valence-corrected chi connectivity index (χ1v) is 7.10. The van der Waals surface area contributed by atoms with E-state index in [1.807, 2.05) is 30.4 Å². The number of carbonyl (C=O) groups excluding carboxylic acids is 1. The predicted octanol–water partition coefficient (Wildman–Crippen LogP) is 0.791. The lowest BCUT2D eigenvalue weighted by Gasteiger charge is -2.38. The van der Waals surface area contributed by atoms with E-state index < -0.39 is 0 Å². The Labute approximate surface area is 119 Å². The topological polar surface area (TPSA) is 73.4 Å². The van der Waals surface area contributed by atoms with Crippen LogP contribution in [-0.4, -0.2) is 52.4 Å². The van der Waals surface area contributed by atoms with Gasteiger partial charge in [-0.25, -0.2) is 0 Å². The highest BCUT2D eigenvalue weighted by atomic mass is 16.5. The van der Waals surface area contributed by atoms with Gasteiger partial charge >= 0.3 is 0 Å². The zero-order valence-electron chi connectivity index (χ0n) is 12.6. The molecular weight excluding hydrogens is 256 g/mol. The lowest BCUT2D eigenvalue weighted by molar-refractivity contribution is -0.0764. The van der Waals surface area contributed by atoms with Crippen LogP contribution < -0.4 is 5.73 Å². The number of nitrogens with zero attached hydrogens (tertiary/aromatic N) is 3. The van der Waals surface area contributed by atoms with Crippen molar-refractivity contribution >= 4 is 5.91 Å². The number of hydrogen-bond acceptors (Lipinski definition) is 4. The standard InChI is InChI=1S/C14H24N4O2/c1-11-12(9-16-18(11)6-4-5-15)13(19)17-7-8-20-14(2,3)10-17/h9H,4-8,10,15H2,1-3H3. The molecule has 1 amide bonds. The highest BCUT2D eigenvalue weighted by Crippen LogP contribution is 2.19. The molecule has 0 saturated carbocycles. The molecule has 1 aromatic rings. The van der Waals surface area contributed by atoms with Crippen molar-refractivity contribution in [1.82, 2.24) is 14.7 Å². The van der Waals surface area contributed by atoms with Gasteiger partial charge < -0.3 is 15.4 Å². The molecule has 0 bridgehead atoms. The van der Waals surface area contributed by atoms with Crippen LogP contribution in [0.4, 0.5) is 0 Å². The monoisotopic (exact) mass is 280 g/mol. The molecule has 0 spiro atoms. The molecule has 0 unspecified atom stereocenters. The van der Waals surface area contributed by atoms with Crippen LogP contribution in [0, 0.1) is 6.92 Å². The van der Waals surface area contributed by atoms with E-state index in [9.17, 15) is 4.79 Å². The number of hydrogen-bond donors (Lipinski definition) is 1. The van der Waals surface area contributed by atoms with Crippen molar-refractivity contribution in [2.24, 2.45) is 5.73 Å². The van der Waals surface area contributed by atoms with Crippen LogP contribution in [0.3, 0.4) is 0 Å². The minimum Gasteiger partial charge on any atom is -0.372 e. The molecule has 2 N–H and O–H groups in total. The number of nitrogens with two attached hydrogens (primary N) is 1. The van der Waals surface area contributed by atoms with Gasteiger partial charge in [-0.05, 0) is 33.7 Å². The maximum atomic E-state index is 12.6. The molecule has 0 atom stereocenters. The van der Waals surface area contributed by atoms with Crippen molar-refractivity contribution < 1.29 is 9.53 Å². The number of rotatable bonds is 4. The summed E-state index contributed by atoms with van der Waals surface area (Å²) < 4.78 is 7.49. The van der Waals surface area contributed by atoms with Gasteiger partial charge in [-0.15, -0.1) is 0 Å². The van der Waals surface area contributed by atoms with E-state index >= 15 is 0 Å². The summed E-state index contributed by atoms with van der Waals surface area (Å²) in [6.07, 6.45) is 2.53. The van der Waals surface area contributed by atoms with Crippen molar-refractivity contribution in [3.8, 4) is 0 Å². The molecule has 1 aliphatic rings. The summed E-state index contributed by atoms with van der Waals surface area (Å²) in [6.45, 7) is 9.15. The third-order valence-electron chi connectivity index (χ3n) is 3.62. The van der Waals surface area contributed by atoms with Gasteiger partial charge in [-0.1, -0.05) is 0 Å². The van der Waals surface area contributed by atoms with Gasteiger partial charge in [0, 0.05) is 25.3 Å². The van der Waals surface area contributed by atoms with Gasteiger partial charge in [0.05, 0.1) is 24.0 Å². The SMILES string of the molecule is Cc1c(C(=O)N2CCOC(C)(C)C2)cnn1CCCN. The van der Waals surface area contributed by atoms with E-state index in [1.165, 1.54) is 0 Å². The second-order valence-corrected chi connectivity index (χ2v) is 5.84.